The lowest BCUT2D eigenvalue weighted by atomic mass is 9.86. The molecule has 1 aromatic heterocycles. The number of carboxylic acid groups (broad SMARTS) is 1. The number of rotatable bonds is 9. The third kappa shape index (κ3) is 6.49. The van der Waals surface area contributed by atoms with E-state index in [-0.39, 0.29) is 0 Å². The molecule has 2 aromatic carbocycles. The number of carbonyl (C=O) groups is 3. The van der Waals surface area contributed by atoms with Crippen LogP contribution in [0.25, 0.3) is 22.4 Å². The minimum Gasteiger partial charge on any atom is -0.481 e. The summed E-state index contributed by atoms with van der Waals surface area (Å²) in [7, 11) is 0. The number of nitrogens with zero attached hydrogens (tertiary/aromatic N) is 3. The van der Waals surface area contributed by atoms with Crippen LogP contribution in [0, 0.1) is 16.7 Å². The molecule has 3 aromatic rings. The third-order valence-corrected chi connectivity index (χ3v) is 5.92. The van der Waals surface area contributed by atoms with Crippen LogP contribution < -0.4 is 10.7 Å². The van der Waals surface area contributed by atoms with Crippen molar-refractivity contribution in [3.63, 3.8) is 0 Å². The fraction of sp³-hybridized carbons (Fsp3) is 0.250. The molecule has 0 aliphatic heterocycles. The van der Waals surface area contributed by atoms with E-state index in [1.807, 2.05) is 36.4 Å². The number of aromatic nitrogens is 1. The van der Waals surface area contributed by atoms with Gasteiger partial charge in [0.1, 0.15) is 12.1 Å². The van der Waals surface area contributed by atoms with Crippen LogP contribution in [-0.2, 0) is 14.4 Å². The summed E-state index contributed by atoms with van der Waals surface area (Å²) >= 11 is 0. The van der Waals surface area contributed by atoms with E-state index < -0.39 is 41.7 Å². The van der Waals surface area contributed by atoms with E-state index in [2.05, 4.69) is 28.6 Å². The van der Waals surface area contributed by atoms with E-state index in [0.29, 0.717) is 11.3 Å². The molecule has 2 atom stereocenters. The molecule has 37 heavy (non-hydrogen) atoms. The predicted octanol–water partition coefficient (Wildman–Crippen LogP) is 3.97. The Morgan fingerprint density at radius 2 is 1.57 bits per heavy atom. The first-order chi connectivity index (χ1) is 17.5. The van der Waals surface area contributed by atoms with Gasteiger partial charge in [-0.3, -0.25) is 14.4 Å². The number of hydrogen-bond donors (Lipinski definition) is 3. The fourth-order valence-electron chi connectivity index (χ4n) is 4.02. The van der Waals surface area contributed by atoms with E-state index in [1.54, 1.807) is 55.8 Å². The number of carboxylic acids is 1. The van der Waals surface area contributed by atoms with Gasteiger partial charge < -0.3 is 15.0 Å². The number of hydrogen-bond acceptors (Lipinski definition) is 5. The van der Waals surface area contributed by atoms with Gasteiger partial charge in [-0.2, -0.15) is 10.4 Å². The highest BCUT2D eigenvalue weighted by Crippen LogP contribution is 2.29. The zero-order chi connectivity index (χ0) is 27.2. The van der Waals surface area contributed by atoms with Crippen LogP contribution >= 0.6 is 0 Å². The molecular formula is C28H29N5O4. The number of hydrazone groups is 1. The average Bonchev–Trinajstić information content (AvgIpc) is 3.34. The highest BCUT2D eigenvalue weighted by atomic mass is 16.4. The van der Waals surface area contributed by atoms with Crippen LogP contribution in [0.1, 0.15) is 38.8 Å². The molecule has 0 aliphatic rings. The Kier molecular flexibility index (Phi) is 8.25. The van der Waals surface area contributed by atoms with E-state index in [9.17, 15) is 19.5 Å². The van der Waals surface area contributed by atoms with Gasteiger partial charge in [0.15, 0.2) is 0 Å². The van der Waals surface area contributed by atoms with Gasteiger partial charge >= 0.3 is 5.97 Å². The smallest absolute Gasteiger partial charge is 0.306 e. The number of nitrogens with one attached hydrogen (secondary N) is 2. The van der Waals surface area contributed by atoms with E-state index >= 15 is 0 Å². The van der Waals surface area contributed by atoms with E-state index in [0.717, 1.165) is 16.7 Å². The van der Waals surface area contributed by atoms with Crippen LogP contribution in [0.15, 0.2) is 72.0 Å². The maximum Gasteiger partial charge on any atom is 0.306 e. The molecule has 0 fully saturated rings. The Morgan fingerprint density at radius 3 is 2.08 bits per heavy atom. The average molecular weight is 500 g/mol. The minimum absolute atomic E-state index is 0.477. The van der Waals surface area contributed by atoms with Crippen LogP contribution in [0.3, 0.4) is 0 Å². The molecule has 0 saturated carbocycles. The Hall–Kier alpha value is -4.71. The van der Waals surface area contributed by atoms with Crippen molar-refractivity contribution in [3.8, 4) is 28.5 Å². The van der Waals surface area contributed by atoms with Crippen molar-refractivity contribution >= 4 is 24.5 Å². The van der Waals surface area contributed by atoms with Crippen molar-refractivity contribution in [1.82, 2.24) is 15.3 Å². The summed E-state index contributed by atoms with van der Waals surface area (Å²) < 4.78 is 1.60. The SMILES string of the molecule is C=NNC(=O)C(NC(=O)C(CC(=O)O)n1cccc1-c1ccc(-c2ccc(C#N)cc2)cc1)C(C)(C)C. The van der Waals surface area contributed by atoms with Gasteiger partial charge in [-0.25, -0.2) is 5.43 Å². The normalized spacial score (nSPS) is 12.6. The molecule has 190 valence electrons. The van der Waals surface area contributed by atoms with Crippen molar-refractivity contribution in [1.29, 1.82) is 5.26 Å². The Labute approximate surface area is 215 Å². The van der Waals surface area contributed by atoms with Gasteiger partial charge in [-0.15, -0.1) is 0 Å². The zero-order valence-electron chi connectivity index (χ0n) is 20.9. The molecule has 9 heteroatoms. The van der Waals surface area contributed by atoms with Gasteiger partial charge in [-0.05, 0) is 46.4 Å². The summed E-state index contributed by atoms with van der Waals surface area (Å²) in [6, 6.07) is 18.4. The van der Waals surface area contributed by atoms with Crippen molar-refractivity contribution in [2.75, 3.05) is 0 Å². The van der Waals surface area contributed by atoms with Crippen molar-refractivity contribution < 1.29 is 19.5 Å². The van der Waals surface area contributed by atoms with E-state index in [1.165, 1.54) is 0 Å². The van der Waals surface area contributed by atoms with Crippen LogP contribution in [-0.4, -0.2) is 40.2 Å². The predicted molar refractivity (Wildman–Crippen MR) is 140 cm³/mol. The Bertz CT molecular complexity index is 1330. The number of carbonyl (C=O) groups excluding carboxylic acids is 2. The highest BCUT2D eigenvalue weighted by molar-refractivity contribution is 5.91. The summed E-state index contributed by atoms with van der Waals surface area (Å²) in [5.74, 6) is -2.30. The first-order valence-corrected chi connectivity index (χ1v) is 11.6. The summed E-state index contributed by atoms with van der Waals surface area (Å²) in [6.45, 7) is 8.59. The Balaban J connectivity index is 1.92. The van der Waals surface area contributed by atoms with Crippen LogP contribution in [0.5, 0.6) is 0 Å². The molecule has 1 heterocycles. The van der Waals surface area contributed by atoms with Crippen molar-refractivity contribution in [2.24, 2.45) is 10.5 Å². The molecule has 0 bridgehead atoms. The van der Waals surface area contributed by atoms with Crippen LogP contribution in [0.2, 0.25) is 0 Å². The lowest BCUT2D eigenvalue weighted by Crippen LogP contribution is -2.54. The maximum absolute atomic E-state index is 13.4. The fourth-order valence-corrected chi connectivity index (χ4v) is 4.02. The second-order valence-corrected chi connectivity index (χ2v) is 9.62. The lowest BCUT2D eigenvalue weighted by molar-refractivity contribution is -0.141. The summed E-state index contributed by atoms with van der Waals surface area (Å²) in [4.78, 5) is 37.6. The van der Waals surface area contributed by atoms with Gasteiger partial charge in [0, 0.05) is 18.6 Å². The molecule has 0 radical (unpaired) electrons. The first-order valence-electron chi connectivity index (χ1n) is 11.6. The van der Waals surface area contributed by atoms with Gasteiger partial charge in [0.25, 0.3) is 5.91 Å². The van der Waals surface area contributed by atoms with E-state index in [4.69, 9.17) is 5.26 Å². The summed E-state index contributed by atoms with van der Waals surface area (Å²) in [6.07, 6.45) is 1.17. The highest BCUT2D eigenvalue weighted by Gasteiger charge is 2.36. The molecular weight excluding hydrogens is 470 g/mol. The lowest BCUT2D eigenvalue weighted by Gasteiger charge is -2.31. The quantitative estimate of drug-likeness (QED) is 0.302. The number of amides is 2. The molecule has 2 amide bonds. The number of aliphatic carboxylic acids is 1. The molecule has 0 saturated heterocycles. The molecule has 9 nitrogen and oxygen atoms in total. The Morgan fingerprint density at radius 1 is 1.00 bits per heavy atom. The standard InChI is InChI=1S/C28H29N5O4/c1-28(2,3)25(27(37)32-30-4)31-26(36)23(16-24(34)35)33-15-5-6-22(33)21-13-11-20(12-14-21)19-9-7-18(17-29)8-10-19/h5-15,23,25H,4,16H2,1-3H3,(H,31,36)(H,32,37)(H,34,35). The molecule has 2 unspecified atom stereocenters. The second kappa shape index (κ2) is 11.4. The zero-order valence-corrected chi connectivity index (χ0v) is 20.9. The van der Waals surface area contributed by atoms with Gasteiger partial charge in [0.05, 0.1) is 18.1 Å². The molecule has 0 aliphatic carbocycles. The monoisotopic (exact) mass is 499 g/mol. The van der Waals surface area contributed by atoms with Gasteiger partial charge in [-0.1, -0.05) is 57.2 Å². The summed E-state index contributed by atoms with van der Waals surface area (Å²) in [5.41, 5.74) is 5.49. The second-order valence-electron chi connectivity index (χ2n) is 9.62. The molecule has 3 N–H and O–H groups in total. The molecule has 3 rings (SSSR count). The van der Waals surface area contributed by atoms with Gasteiger partial charge in [0.2, 0.25) is 5.91 Å². The largest absolute Gasteiger partial charge is 0.481 e. The van der Waals surface area contributed by atoms with Crippen molar-refractivity contribution in [3.05, 3.63) is 72.4 Å². The number of benzene rings is 2. The van der Waals surface area contributed by atoms with Crippen LogP contribution in [0.4, 0.5) is 0 Å². The number of nitriles is 1. The topological polar surface area (TPSA) is 137 Å². The minimum atomic E-state index is -1.15. The molecule has 0 spiro atoms. The summed E-state index contributed by atoms with van der Waals surface area (Å²) in [5, 5.41) is 24.7. The first kappa shape index (κ1) is 26.9. The third-order valence-electron chi connectivity index (χ3n) is 5.92. The maximum atomic E-state index is 13.4. The van der Waals surface area contributed by atoms with Crippen molar-refractivity contribution in [2.45, 2.75) is 39.3 Å².